The first kappa shape index (κ1) is 27.9. The molecule has 0 atom stereocenters. The largest absolute Gasteiger partial charge is 0.334 e. The van der Waals surface area contributed by atoms with Gasteiger partial charge in [-0.25, -0.2) is 14.8 Å². The number of rotatable bonds is 15. The van der Waals surface area contributed by atoms with E-state index in [1.807, 2.05) is 0 Å². The summed E-state index contributed by atoms with van der Waals surface area (Å²) in [6.07, 6.45) is 6.28. The lowest BCUT2D eigenvalue weighted by atomic mass is 10.1. The summed E-state index contributed by atoms with van der Waals surface area (Å²) >= 11 is 1.31. The van der Waals surface area contributed by atoms with Crippen molar-refractivity contribution in [1.29, 1.82) is 0 Å². The molecule has 11 nitrogen and oxygen atoms in total. The van der Waals surface area contributed by atoms with E-state index in [1.54, 1.807) is 18.5 Å². The lowest BCUT2D eigenvalue weighted by molar-refractivity contribution is -0.197. The van der Waals surface area contributed by atoms with Crippen LogP contribution in [0.1, 0.15) is 51.4 Å². The van der Waals surface area contributed by atoms with Crippen molar-refractivity contribution in [2.75, 3.05) is 45.0 Å². The van der Waals surface area contributed by atoms with Crippen molar-refractivity contribution in [2.45, 2.75) is 56.5 Å². The quantitative estimate of drug-likeness (QED) is 0.189. The molecule has 0 aromatic carbocycles. The van der Waals surface area contributed by atoms with E-state index in [4.69, 9.17) is 4.84 Å². The number of ketones is 2. The smallest absolute Gasteiger partial charge is 0.330 e. The van der Waals surface area contributed by atoms with E-state index in [0.717, 1.165) is 39.1 Å². The molecule has 2 saturated heterocycles. The van der Waals surface area contributed by atoms with Crippen molar-refractivity contribution in [3.63, 3.8) is 0 Å². The maximum atomic E-state index is 12.2. The zero-order valence-electron chi connectivity index (χ0n) is 20.4. The lowest BCUT2D eigenvalue weighted by Crippen LogP contribution is -2.47. The summed E-state index contributed by atoms with van der Waals surface area (Å²) in [5, 5.41) is 1.16. The fourth-order valence-corrected chi connectivity index (χ4v) is 4.68. The van der Waals surface area contributed by atoms with Gasteiger partial charge in [0.2, 0.25) is 0 Å². The molecule has 1 aromatic rings. The minimum absolute atomic E-state index is 0.0873. The van der Waals surface area contributed by atoms with Gasteiger partial charge in [0, 0.05) is 77.2 Å². The summed E-state index contributed by atoms with van der Waals surface area (Å²) < 4.78 is 0. The number of hydroxylamine groups is 2. The van der Waals surface area contributed by atoms with E-state index in [1.165, 1.54) is 11.8 Å². The van der Waals surface area contributed by atoms with Gasteiger partial charge in [0.25, 0.3) is 11.8 Å². The lowest BCUT2D eigenvalue weighted by Gasteiger charge is -2.34. The monoisotopic (exact) mass is 519 g/mol. The topological polar surface area (TPSA) is 130 Å². The Balaban J connectivity index is 1.18. The first-order chi connectivity index (χ1) is 17.4. The van der Waals surface area contributed by atoms with Crippen LogP contribution < -0.4 is 0 Å². The minimum atomic E-state index is -0.579. The molecule has 2 amide bonds. The summed E-state index contributed by atoms with van der Waals surface area (Å²) in [6, 6.07) is 1.73. The van der Waals surface area contributed by atoms with E-state index < -0.39 is 17.8 Å². The molecular weight excluding hydrogens is 486 g/mol. The van der Waals surface area contributed by atoms with Crippen molar-refractivity contribution in [3.8, 4) is 0 Å². The molecule has 196 valence electrons. The first-order valence-electron chi connectivity index (χ1n) is 12.3. The van der Waals surface area contributed by atoms with Gasteiger partial charge < -0.3 is 14.6 Å². The van der Waals surface area contributed by atoms with Gasteiger partial charge >= 0.3 is 5.97 Å². The Labute approximate surface area is 214 Å². The molecule has 36 heavy (non-hydrogen) atoms. The second-order valence-corrected chi connectivity index (χ2v) is 9.78. The van der Waals surface area contributed by atoms with E-state index >= 15 is 0 Å². The van der Waals surface area contributed by atoms with Crippen LogP contribution in [0, 0.1) is 0 Å². The number of carbonyl (C=O) groups excluding carboxylic acids is 5. The average Bonchev–Trinajstić information content (AvgIpc) is 3.19. The van der Waals surface area contributed by atoms with Gasteiger partial charge in [-0.15, -0.1) is 5.06 Å². The number of hydrogen-bond acceptors (Lipinski definition) is 11. The Kier molecular flexibility index (Phi) is 11.4. The Bertz CT molecular complexity index is 907. The summed E-state index contributed by atoms with van der Waals surface area (Å²) in [4.78, 5) is 76.6. The van der Waals surface area contributed by atoms with Crippen LogP contribution in [0.3, 0.4) is 0 Å². The van der Waals surface area contributed by atoms with Crippen LogP contribution in [0.2, 0.25) is 0 Å². The van der Waals surface area contributed by atoms with Gasteiger partial charge in [-0.3, -0.25) is 19.2 Å². The van der Waals surface area contributed by atoms with Crippen LogP contribution in [-0.2, 0) is 28.8 Å². The highest BCUT2D eigenvalue weighted by Gasteiger charge is 2.32. The van der Waals surface area contributed by atoms with Gasteiger partial charge in [-0.1, -0.05) is 11.8 Å². The predicted octanol–water partition coefficient (Wildman–Crippen LogP) is 1.27. The third-order valence-electron chi connectivity index (χ3n) is 6.04. The molecule has 2 fully saturated rings. The van der Waals surface area contributed by atoms with Gasteiger partial charge in [-0.2, -0.15) is 0 Å². The Morgan fingerprint density at radius 2 is 1.39 bits per heavy atom. The van der Waals surface area contributed by atoms with Crippen molar-refractivity contribution >= 4 is 41.1 Å². The van der Waals surface area contributed by atoms with Crippen LogP contribution >= 0.6 is 11.8 Å². The molecule has 0 aliphatic carbocycles. The molecule has 0 N–H and O–H groups in total. The van der Waals surface area contributed by atoms with Crippen molar-refractivity contribution < 1.29 is 28.8 Å². The number of hydrogen-bond donors (Lipinski definition) is 0. The number of amides is 2. The molecule has 0 unspecified atom stereocenters. The standard InChI is InChI=1S/C24H33N5O6S/c30-19(4-1-5-20(31)18-36-24-25-10-3-11-26-24)6-2-12-27-14-16-28(17-15-27)13-9-23(34)35-29-21(32)7-8-22(29)33/h3,10-11H,1-2,4-9,12-18H2. The molecule has 0 spiro atoms. The predicted molar refractivity (Wildman–Crippen MR) is 131 cm³/mol. The number of thioether (sulfide) groups is 1. The number of imide groups is 1. The first-order valence-corrected chi connectivity index (χ1v) is 13.3. The molecule has 2 aliphatic rings. The van der Waals surface area contributed by atoms with Crippen LogP contribution in [0.5, 0.6) is 0 Å². The van der Waals surface area contributed by atoms with E-state index in [0.29, 0.717) is 48.2 Å². The third-order valence-corrected chi connectivity index (χ3v) is 6.98. The Morgan fingerprint density at radius 1 is 0.806 bits per heavy atom. The van der Waals surface area contributed by atoms with Gasteiger partial charge in [0.15, 0.2) is 5.16 Å². The fourth-order valence-electron chi connectivity index (χ4n) is 3.98. The molecule has 2 aliphatic heterocycles. The molecular formula is C24H33N5O6S. The van der Waals surface area contributed by atoms with Gasteiger partial charge in [0.1, 0.15) is 11.6 Å². The fraction of sp³-hybridized carbons (Fsp3) is 0.625. The zero-order chi connectivity index (χ0) is 25.8. The Morgan fingerprint density at radius 3 is 2.06 bits per heavy atom. The van der Waals surface area contributed by atoms with Gasteiger partial charge in [0.05, 0.1) is 12.2 Å². The summed E-state index contributed by atoms with van der Waals surface area (Å²) in [6.45, 7) is 4.66. The van der Waals surface area contributed by atoms with E-state index in [9.17, 15) is 24.0 Å². The van der Waals surface area contributed by atoms with Crippen LogP contribution in [0.15, 0.2) is 23.6 Å². The summed E-state index contributed by atoms with van der Waals surface area (Å²) in [7, 11) is 0. The second-order valence-electron chi connectivity index (χ2n) is 8.83. The third kappa shape index (κ3) is 9.75. The summed E-state index contributed by atoms with van der Waals surface area (Å²) in [5.41, 5.74) is 0. The highest BCUT2D eigenvalue weighted by atomic mass is 32.2. The number of aromatic nitrogens is 2. The average molecular weight is 520 g/mol. The highest BCUT2D eigenvalue weighted by Crippen LogP contribution is 2.14. The van der Waals surface area contributed by atoms with Crippen LogP contribution in [0.4, 0.5) is 0 Å². The molecule has 12 heteroatoms. The molecule has 3 heterocycles. The van der Waals surface area contributed by atoms with Crippen molar-refractivity contribution in [2.24, 2.45) is 0 Å². The van der Waals surface area contributed by atoms with Crippen molar-refractivity contribution in [1.82, 2.24) is 24.8 Å². The number of carbonyl (C=O) groups is 5. The van der Waals surface area contributed by atoms with Crippen molar-refractivity contribution in [3.05, 3.63) is 18.5 Å². The minimum Gasteiger partial charge on any atom is -0.330 e. The normalized spacial score (nSPS) is 16.9. The summed E-state index contributed by atoms with van der Waals surface area (Å²) in [5.74, 6) is -0.906. The molecule has 1 aromatic heterocycles. The SMILES string of the molecule is O=C(CCCC(=O)CSc1ncccn1)CCCN1CCN(CCC(=O)ON2C(=O)CCC2=O)CC1. The number of piperazine rings is 1. The van der Waals surface area contributed by atoms with E-state index in [-0.39, 0.29) is 30.8 Å². The molecule has 0 radical (unpaired) electrons. The highest BCUT2D eigenvalue weighted by molar-refractivity contribution is 7.99. The Hall–Kier alpha value is -2.70. The van der Waals surface area contributed by atoms with E-state index in [2.05, 4.69) is 19.8 Å². The maximum Gasteiger partial charge on any atom is 0.334 e. The zero-order valence-corrected chi connectivity index (χ0v) is 21.2. The van der Waals surface area contributed by atoms with Gasteiger partial charge in [-0.05, 0) is 25.5 Å². The molecule has 3 rings (SSSR count). The van der Waals surface area contributed by atoms with Crippen LogP contribution in [-0.4, -0.2) is 99.2 Å². The molecule has 0 bridgehead atoms. The molecule has 0 saturated carbocycles. The van der Waals surface area contributed by atoms with Crippen LogP contribution in [0.25, 0.3) is 0 Å². The maximum absolute atomic E-state index is 12.2. The number of nitrogens with zero attached hydrogens (tertiary/aromatic N) is 5. The second kappa shape index (κ2) is 14.8. The number of Topliss-reactive ketones (excluding diaryl/α,β-unsaturated/α-hetero) is 2.